The van der Waals surface area contributed by atoms with Crippen LogP contribution in [0, 0.1) is 11.7 Å². The zero-order valence-corrected chi connectivity index (χ0v) is 20.1. The number of alkyl halides is 3. The van der Waals surface area contributed by atoms with E-state index in [2.05, 4.69) is 15.3 Å². The molecule has 2 aromatic heterocycles. The molecule has 36 heavy (non-hydrogen) atoms. The lowest BCUT2D eigenvalue weighted by atomic mass is 9.93. The number of pyridine rings is 1. The number of nitrogens with zero attached hydrogens (tertiary/aromatic N) is 3. The van der Waals surface area contributed by atoms with Crippen molar-refractivity contribution in [3.8, 4) is 11.3 Å². The van der Waals surface area contributed by atoms with Gasteiger partial charge < -0.3 is 10.0 Å². The molecule has 1 amide bonds. The molecular weight excluding hydrogens is 524 g/mol. The highest BCUT2D eigenvalue weighted by Crippen LogP contribution is 2.36. The highest BCUT2D eigenvalue weighted by atomic mass is 35.5. The van der Waals surface area contributed by atoms with Crippen LogP contribution < -0.4 is 10.2 Å². The largest absolute Gasteiger partial charge is 0.481 e. The smallest absolute Gasteiger partial charge is 0.419 e. The van der Waals surface area contributed by atoms with Crippen molar-refractivity contribution in [3.63, 3.8) is 0 Å². The Labute approximate surface area is 211 Å². The lowest BCUT2D eigenvalue weighted by Gasteiger charge is -2.32. The molecule has 0 aliphatic carbocycles. The number of aliphatic carboxylic acids is 1. The van der Waals surface area contributed by atoms with E-state index in [0.717, 1.165) is 17.4 Å². The molecule has 13 heteroatoms. The average Bonchev–Trinajstić information content (AvgIpc) is 3.26. The molecule has 3 heterocycles. The summed E-state index contributed by atoms with van der Waals surface area (Å²) >= 11 is 7.29. The number of rotatable bonds is 6. The monoisotopic (exact) mass is 542 g/mol. The van der Waals surface area contributed by atoms with Gasteiger partial charge in [-0.15, -0.1) is 11.3 Å². The van der Waals surface area contributed by atoms with Crippen LogP contribution in [0.25, 0.3) is 11.3 Å². The van der Waals surface area contributed by atoms with E-state index in [9.17, 15) is 27.2 Å². The molecule has 1 fully saturated rings. The Hall–Kier alpha value is -3.25. The van der Waals surface area contributed by atoms with Crippen LogP contribution in [0.15, 0.2) is 35.8 Å². The molecule has 1 aromatic carbocycles. The summed E-state index contributed by atoms with van der Waals surface area (Å²) in [4.78, 5) is 33.8. The van der Waals surface area contributed by atoms with Crippen molar-refractivity contribution < 1.29 is 32.3 Å². The second-order valence-corrected chi connectivity index (χ2v) is 9.48. The lowest BCUT2D eigenvalue weighted by Crippen LogP contribution is -2.35. The van der Waals surface area contributed by atoms with E-state index in [4.69, 9.17) is 16.7 Å². The summed E-state index contributed by atoms with van der Waals surface area (Å²) in [5.74, 6) is -2.28. The van der Waals surface area contributed by atoms with E-state index in [1.807, 2.05) is 4.90 Å². The fraction of sp³-hybridized carbons (Fsp3) is 0.304. The SMILES string of the molecule is O=C(O)CC1CCN(c2ncc(C(=O)Nc3nc(-c4cccc(C(F)(F)F)c4F)cs3)cc2Cl)CC1. The van der Waals surface area contributed by atoms with Crippen LogP contribution in [-0.2, 0) is 11.0 Å². The number of anilines is 2. The number of piperidine rings is 1. The van der Waals surface area contributed by atoms with Gasteiger partial charge in [-0.3, -0.25) is 14.9 Å². The summed E-state index contributed by atoms with van der Waals surface area (Å²) in [6, 6.07) is 4.34. The molecule has 0 spiro atoms. The van der Waals surface area contributed by atoms with E-state index in [0.29, 0.717) is 37.8 Å². The predicted octanol–water partition coefficient (Wildman–Crippen LogP) is 5.96. The van der Waals surface area contributed by atoms with Crippen molar-refractivity contribution >= 4 is 45.8 Å². The van der Waals surface area contributed by atoms with Crippen molar-refractivity contribution in [1.82, 2.24) is 9.97 Å². The number of aromatic nitrogens is 2. The second kappa shape index (κ2) is 10.4. The van der Waals surface area contributed by atoms with Crippen LogP contribution in [0.5, 0.6) is 0 Å². The number of nitrogens with one attached hydrogen (secondary N) is 1. The minimum absolute atomic E-state index is 0.0447. The Morgan fingerprint density at radius 3 is 2.61 bits per heavy atom. The molecule has 4 rings (SSSR count). The minimum atomic E-state index is -4.85. The molecule has 0 saturated carbocycles. The summed E-state index contributed by atoms with van der Waals surface area (Å²) in [5, 5.41) is 13.1. The molecule has 0 radical (unpaired) electrons. The highest BCUT2D eigenvalue weighted by molar-refractivity contribution is 7.14. The van der Waals surface area contributed by atoms with Crippen molar-refractivity contribution in [2.75, 3.05) is 23.3 Å². The van der Waals surface area contributed by atoms with E-state index in [-0.39, 0.29) is 39.3 Å². The number of carbonyl (C=O) groups excluding carboxylic acids is 1. The molecular formula is C23H19ClF4N4O3S. The first-order chi connectivity index (χ1) is 17.0. The van der Waals surface area contributed by atoms with Gasteiger partial charge in [0.2, 0.25) is 0 Å². The molecule has 0 atom stereocenters. The molecule has 2 N–H and O–H groups in total. The summed E-state index contributed by atoms with van der Waals surface area (Å²) < 4.78 is 53.4. The zero-order chi connectivity index (χ0) is 26.0. The predicted molar refractivity (Wildman–Crippen MR) is 127 cm³/mol. The topological polar surface area (TPSA) is 95.4 Å². The normalized spacial score (nSPS) is 14.6. The molecule has 1 saturated heterocycles. The standard InChI is InChI=1S/C23H19ClF4N4O3S/c24-16-9-13(10-29-20(16)32-6-4-12(5-7-32)8-18(33)34)21(35)31-22-30-17(11-36-22)14-2-1-3-15(19(14)25)23(26,27)28/h1-3,9-12H,4-8H2,(H,33,34)(H,30,31,35). The number of halogens is 5. The van der Waals surface area contributed by atoms with E-state index >= 15 is 0 Å². The van der Waals surface area contributed by atoms with Crippen LogP contribution in [0.3, 0.4) is 0 Å². The molecule has 190 valence electrons. The molecule has 0 unspecified atom stereocenters. The van der Waals surface area contributed by atoms with Crippen molar-refractivity contribution in [2.45, 2.75) is 25.4 Å². The number of thiazole rings is 1. The Morgan fingerprint density at radius 2 is 1.97 bits per heavy atom. The highest BCUT2D eigenvalue weighted by Gasteiger charge is 2.35. The van der Waals surface area contributed by atoms with Crippen molar-refractivity contribution in [3.05, 3.63) is 57.8 Å². The quantitative estimate of drug-likeness (QED) is 0.373. The minimum Gasteiger partial charge on any atom is -0.481 e. The van der Waals surface area contributed by atoms with Crippen LogP contribution in [0.1, 0.15) is 35.2 Å². The van der Waals surface area contributed by atoms with Crippen molar-refractivity contribution in [1.29, 1.82) is 0 Å². The van der Waals surface area contributed by atoms with Gasteiger partial charge in [-0.05, 0) is 37.0 Å². The summed E-state index contributed by atoms with van der Waals surface area (Å²) in [7, 11) is 0. The maximum Gasteiger partial charge on any atom is 0.419 e. The lowest BCUT2D eigenvalue weighted by molar-refractivity contribution is -0.140. The molecule has 7 nitrogen and oxygen atoms in total. The first-order valence-corrected chi connectivity index (χ1v) is 12.0. The maximum atomic E-state index is 14.4. The number of carbonyl (C=O) groups is 2. The van der Waals surface area contributed by atoms with Crippen LogP contribution in [0.4, 0.5) is 28.5 Å². The first kappa shape index (κ1) is 25.8. The number of carboxylic acids is 1. The van der Waals surface area contributed by atoms with E-state index in [1.165, 1.54) is 23.7 Å². The van der Waals surface area contributed by atoms with Gasteiger partial charge >= 0.3 is 12.1 Å². The summed E-state index contributed by atoms with van der Waals surface area (Å²) in [6.45, 7) is 1.18. The zero-order valence-electron chi connectivity index (χ0n) is 18.5. The maximum absolute atomic E-state index is 14.4. The van der Waals surface area contributed by atoms with Crippen LogP contribution >= 0.6 is 22.9 Å². The fourth-order valence-corrected chi connectivity index (χ4v) is 4.95. The number of amides is 1. The van der Waals surface area contributed by atoms with Gasteiger partial charge in [-0.1, -0.05) is 17.7 Å². The average molecular weight is 543 g/mol. The molecule has 0 bridgehead atoms. The van der Waals surface area contributed by atoms with Gasteiger partial charge in [0.05, 0.1) is 21.8 Å². The van der Waals surface area contributed by atoms with E-state index in [1.54, 1.807) is 0 Å². The Bertz CT molecular complexity index is 1290. The number of hydrogen-bond donors (Lipinski definition) is 2. The third-order valence-corrected chi connectivity index (χ3v) is 6.80. The third-order valence-electron chi connectivity index (χ3n) is 5.77. The van der Waals surface area contributed by atoms with Crippen LogP contribution in [0.2, 0.25) is 5.02 Å². The Kier molecular flexibility index (Phi) is 7.46. The van der Waals surface area contributed by atoms with Gasteiger partial charge in [0.15, 0.2) is 5.13 Å². The Morgan fingerprint density at radius 1 is 1.25 bits per heavy atom. The van der Waals surface area contributed by atoms with Gasteiger partial charge in [0, 0.05) is 36.7 Å². The van der Waals surface area contributed by atoms with Crippen LogP contribution in [-0.4, -0.2) is 40.0 Å². The molecule has 1 aliphatic heterocycles. The van der Waals surface area contributed by atoms with Gasteiger partial charge in [-0.25, -0.2) is 14.4 Å². The number of benzene rings is 1. The fourth-order valence-electron chi connectivity index (χ4n) is 3.96. The third kappa shape index (κ3) is 5.76. The number of carboxylic acid groups (broad SMARTS) is 1. The van der Waals surface area contributed by atoms with E-state index < -0.39 is 29.4 Å². The first-order valence-electron chi connectivity index (χ1n) is 10.8. The van der Waals surface area contributed by atoms with Crippen molar-refractivity contribution in [2.24, 2.45) is 5.92 Å². The van der Waals surface area contributed by atoms with Gasteiger partial charge in [0.25, 0.3) is 5.91 Å². The molecule has 3 aromatic rings. The summed E-state index contributed by atoms with van der Waals surface area (Å²) in [6.07, 6.45) is -2.02. The number of hydrogen-bond acceptors (Lipinski definition) is 6. The van der Waals surface area contributed by atoms with Gasteiger partial charge in [0.1, 0.15) is 11.6 Å². The van der Waals surface area contributed by atoms with Gasteiger partial charge in [-0.2, -0.15) is 13.2 Å². The molecule has 1 aliphatic rings. The second-order valence-electron chi connectivity index (χ2n) is 8.21. The summed E-state index contributed by atoms with van der Waals surface area (Å²) in [5.41, 5.74) is -1.64. The Balaban J connectivity index is 1.44.